The van der Waals surface area contributed by atoms with E-state index >= 15 is 0 Å². The molecule has 1 fully saturated rings. The predicted octanol–water partition coefficient (Wildman–Crippen LogP) is 2.68. The van der Waals surface area contributed by atoms with Crippen molar-refractivity contribution in [2.24, 2.45) is 5.92 Å². The average Bonchev–Trinajstić information content (AvgIpc) is 2.96. The van der Waals surface area contributed by atoms with E-state index in [1.165, 1.54) is 32.2 Å². The number of benzene rings is 1. The van der Waals surface area contributed by atoms with Crippen LogP contribution in [-0.4, -0.2) is 105 Å². The zero-order valence-electron chi connectivity index (χ0n) is 27.4. The topological polar surface area (TPSA) is 162 Å². The molecule has 14 heteroatoms. The molecule has 1 aromatic carbocycles. The summed E-state index contributed by atoms with van der Waals surface area (Å²) in [5.74, 6) is -3.25. The van der Waals surface area contributed by atoms with E-state index in [-0.39, 0.29) is 29.1 Å². The van der Waals surface area contributed by atoms with E-state index in [0.29, 0.717) is 0 Å². The van der Waals surface area contributed by atoms with Crippen LogP contribution in [0, 0.1) is 5.92 Å². The molecule has 0 amide bonds. The van der Waals surface area contributed by atoms with Crippen LogP contribution in [0.25, 0.3) is 0 Å². The lowest BCUT2D eigenvalue weighted by molar-refractivity contribution is -0.288. The summed E-state index contributed by atoms with van der Waals surface area (Å²) >= 11 is 0. The van der Waals surface area contributed by atoms with Gasteiger partial charge in [-0.25, -0.2) is 4.79 Å². The number of hydrogen-bond acceptors (Lipinski definition) is 14. The minimum absolute atomic E-state index is 0.0675. The van der Waals surface area contributed by atoms with Crippen molar-refractivity contribution in [3.63, 3.8) is 0 Å². The second kappa shape index (κ2) is 17.5. The van der Waals surface area contributed by atoms with Gasteiger partial charge in [0, 0.05) is 40.2 Å². The Hall–Kier alpha value is -3.91. The van der Waals surface area contributed by atoms with Crippen molar-refractivity contribution in [3.05, 3.63) is 23.8 Å². The normalized spacial score (nSPS) is 22.4. The first-order chi connectivity index (χ1) is 21.2. The molecule has 1 aromatic rings. The lowest BCUT2D eigenvalue weighted by atomic mass is 9.98. The molecule has 14 nitrogen and oxygen atoms in total. The van der Waals surface area contributed by atoms with Crippen molar-refractivity contribution in [1.82, 2.24) is 4.90 Å². The van der Waals surface area contributed by atoms with E-state index in [1.54, 1.807) is 0 Å². The Bertz CT molecular complexity index is 1180. The highest BCUT2D eigenvalue weighted by Gasteiger charge is 2.53. The Morgan fingerprint density at radius 1 is 0.822 bits per heavy atom. The van der Waals surface area contributed by atoms with Crippen molar-refractivity contribution >= 4 is 29.8 Å². The third kappa shape index (κ3) is 11.2. The number of hydrogen-bond donors (Lipinski definition) is 0. The molecule has 0 saturated carbocycles. The fraction of sp³-hybridized carbons (Fsp3) is 0.645. The van der Waals surface area contributed by atoms with E-state index in [1.807, 2.05) is 13.8 Å². The van der Waals surface area contributed by atoms with Crippen LogP contribution in [0.15, 0.2) is 18.2 Å². The van der Waals surface area contributed by atoms with Gasteiger partial charge in [-0.15, -0.1) is 0 Å². The van der Waals surface area contributed by atoms with Crippen molar-refractivity contribution in [1.29, 1.82) is 0 Å². The molecule has 0 spiro atoms. The molecule has 0 radical (unpaired) electrons. The van der Waals surface area contributed by atoms with E-state index in [4.69, 9.17) is 37.9 Å². The summed E-state index contributed by atoms with van der Waals surface area (Å²) in [6, 6.07) is 4.32. The van der Waals surface area contributed by atoms with Crippen LogP contribution in [0.4, 0.5) is 0 Å². The van der Waals surface area contributed by atoms with E-state index in [9.17, 15) is 24.0 Å². The zero-order valence-corrected chi connectivity index (χ0v) is 27.4. The molecule has 252 valence electrons. The molecule has 7 unspecified atom stereocenters. The third-order valence-corrected chi connectivity index (χ3v) is 7.13. The van der Waals surface area contributed by atoms with Gasteiger partial charge in [0.15, 0.2) is 23.7 Å². The standard InChI is InChI=1S/C31H45NO13/c1-10-32(11-2)15-17(3)18(4)40-30(37)23-12-13-24(25(14-23)38-9)44-31-29(43-22(8)36)28(42-21(7)35)27(41-20(6)34)26(45-31)16-39-19(5)33/h12-14,17-18,26-29,31H,10-11,15-16H2,1-9H3. The highest BCUT2D eigenvalue weighted by molar-refractivity contribution is 5.90. The lowest BCUT2D eigenvalue weighted by Gasteiger charge is -2.44. The van der Waals surface area contributed by atoms with Crippen molar-refractivity contribution < 1.29 is 61.9 Å². The van der Waals surface area contributed by atoms with Gasteiger partial charge in [0.05, 0.1) is 12.7 Å². The zero-order chi connectivity index (χ0) is 33.8. The first kappa shape index (κ1) is 37.3. The minimum atomic E-state index is -1.47. The Morgan fingerprint density at radius 2 is 1.40 bits per heavy atom. The smallest absolute Gasteiger partial charge is 0.338 e. The fourth-order valence-electron chi connectivity index (χ4n) is 4.69. The van der Waals surface area contributed by atoms with Crippen LogP contribution < -0.4 is 9.47 Å². The van der Waals surface area contributed by atoms with Crippen molar-refractivity contribution in [2.45, 2.75) is 92.2 Å². The Labute approximate surface area is 263 Å². The summed E-state index contributed by atoms with van der Waals surface area (Å²) < 4.78 is 44.6. The van der Waals surface area contributed by atoms with Crippen molar-refractivity contribution in [3.8, 4) is 11.5 Å². The van der Waals surface area contributed by atoms with E-state index in [2.05, 4.69) is 18.7 Å². The number of carbonyl (C=O) groups excluding carboxylic acids is 5. The number of carbonyl (C=O) groups is 5. The number of ether oxygens (including phenoxy) is 8. The quantitative estimate of drug-likeness (QED) is 0.203. The molecule has 7 atom stereocenters. The summed E-state index contributed by atoms with van der Waals surface area (Å²) in [4.78, 5) is 63.0. The Morgan fingerprint density at radius 3 is 1.93 bits per heavy atom. The average molecular weight is 640 g/mol. The number of esters is 5. The maximum absolute atomic E-state index is 13.0. The lowest BCUT2D eigenvalue weighted by Crippen LogP contribution is -2.63. The first-order valence-corrected chi connectivity index (χ1v) is 14.8. The van der Waals surface area contributed by atoms with E-state index in [0.717, 1.165) is 40.4 Å². The van der Waals surface area contributed by atoms with Crippen LogP contribution in [0.5, 0.6) is 11.5 Å². The molecule has 0 aromatic heterocycles. The van der Waals surface area contributed by atoms with Crippen LogP contribution >= 0.6 is 0 Å². The summed E-state index contributed by atoms with van der Waals surface area (Å²) in [5.41, 5.74) is 0.197. The molecule has 2 rings (SSSR count). The number of methoxy groups -OCH3 is 1. The molecule has 1 saturated heterocycles. The fourth-order valence-corrected chi connectivity index (χ4v) is 4.69. The highest BCUT2D eigenvalue weighted by atomic mass is 16.7. The predicted molar refractivity (Wildman–Crippen MR) is 157 cm³/mol. The van der Waals surface area contributed by atoms with Gasteiger partial charge in [0.2, 0.25) is 12.4 Å². The molecular formula is C31H45NO13. The van der Waals surface area contributed by atoms with Crippen LogP contribution in [-0.2, 0) is 47.6 Å². The van der Waals surface area contributed by atoms with Crippen LogP contribution in [0.3, 0.4) is 0 Å². The van der Waals surface area contributed by atoms with Gasteiger partial charge in [-0.1, -0.05) is 20.8 Å². The minimum Gasteiger partial charge on any atom is -0.493 e. The second-order valence-electron chi connectivity index (χ2n) is 10.6. The van der Waals surface area contributed by atoms with Crippen molar-refractivity contribution in [2.75, 3.05) is 33.4 Å². The highest BCUT2D eigenvalue weighted by Crippen LogP contribution is 2.35. The molecule has 0 N–H and O–H groups in total. The van der Waals surface area contributed by atoms with Gasteiger partial charge in [-0.05, 0) is 38.2 Å². The second-order valence-corrected chi connectivity index (χ2v) is 10.6. The SMILES string of the molecule is CCN(CC)CC(C)C(C)OC(=O)c1ccc(OC2OC(COC(C)=O)C(OC(C)=O)C(OC(C)=O)C2OC(C)=O)c(OC)c1. The monoisotopic (exact) mass is 639 g/mol. The van der Waals surface area contributed by atoms with Gasteiger partial charge in [-0.3, -0.25) is 19.2 Å². The largest absolute Gasteiger partial charge is 0.493 e. The Balaban J connectivity index is 2.39. The molecular weight excluding hydrogens is 594 g/mol. The maximum Gasteiger partial charge on any atom is 0.338 e. The van der Waals surface area contributed by atoms with Gasteiger partial charge in [0.25, 0.3) is 0 Å². The summed E-state index contributed by atoms with van der Waals surface area (Å²) in [7, 11) is 1.36. The van der Waals surface area contributed by atoms with E-state index < -0.39 is 67.2 Å². The molecule has 1 aliphatic rings. The first-order valence-electron chi connectivity index (χ1n) is 14.8. The van der Waals surface area contributed by atoms with Gasteiger partial charge in [-0.2, -0.15) is 0 Å². The van der Waals surface area contributed by atoms with Crippen LogP contribution in [0.1, 0.15) is 65.7 Å². The van der Waals surface area contributed by atoms with Gasteiger partial charge < -0.3 is 42.8 Å². The molecule has 0 aliphatic carbocycles. The molecule has 45 heavy (non-hydrogen) atoms. The van der Waals surface area contributed by atoms with Gasteiger partial charge in [0.1, 0.15) is 18.8 Å². The van der Waals surface area contributed by atoms with Gasteiger partial charge >= 0.3 is 29.8 Å². The summed E-state index contributed by atoms with van der Waals surface area (Å²) in [6.07, 6.45) is -7.21. The van der Waals surface area contributed by atoms with Crippen LogP contribution in [0.2, 0.25) is 0 Å². The maximum atomic E-state index is 13.0. The summed E-state index contributed by atoms with van der Waals surface area (Å²) in [6.45, 7) is 14.7. The number of nitrogens with zero attached hydrogens (tertiary/aromatic N) is 1. The third-order valence-electron chi connectivity index (χ3n) is 7.13. The summed E-state index contributed by atoms with van der Waals surface area (Å²) in [5, 5.41) is 0. The molecule has 0 bridgehead atoms. The molecule has 1 heterocycles. The number of rotatable bonds is 15. The molecule has 1 aliphatic heterocycles. The Kier molecular flexibility index (Phi) is 14.5.